The monoisotopic (exact) mass is 332 g/mol. The van der Waals surface area contributed by atoms with Crippen LogP contribution >= 0.6 is 0 Å². The Balaban J connectivity index is 1.87. The number of nitrogens with zero attached hydrogens (tertiary/aromatic N) is 3. The van der Waals surface area contributed by atoms with Crippen molar-refractivity contribution in [1.82, 2.24) is 9.97 Å². The average molecular weight is 332 g/mol. The van der Waals surface area contributed by atoms with Crippen molar-refractivity contribution in [2.24, 2.45) is 5.10 Å². The van der Waals surface area contributed by atoms with Crippen LogP contribution in [0.4, 0.5) is 5.82 Å². The van der Waals surface area contributed by atoms with Crippen molar-refractivity contribution in [2.45, 2.75) is 13.8 Å². The van der Waals surface area contributed by atoms with Gasteiger partial charge in [0.25, 0.3) is 0 Å². The molecule has 5 nitrogen and oxygen atoms in total. The van der Waals surface area contributed by atoms with E-state index in [-0.39, 0.29) is 0 Å². The van der Waals surface area contributed by atoms with Gasteiger partial charge >= 0.3 is 0 Å². The normalized spacial score (nSPS) is 10.8. The summed E-state index contributed by atoms with van der Waals surface area (Å²) in [6.07, 6.45) is 1.72. The first-order chi connectivity index (χ1) is 12.2. The molecule has 0 aliphatic carbocycles. The van der Waals surface area contributed by atoms with Crippen molar-refractivity contribution in [3.8, 4) is 17.1 Å². The van der Waals surface area contributed by atoms with E-state index in [0.717, 1.165) is 28.1 Å². The molecule has 0 radical (unpaired) electrons. The molecule has 3 aromatic rings. The van der Waals surface area contributed by atoms with E-state index in [9.17, 15) is 0 Å². The Morgan fingerprint density at radius 2 is 1.68 bits per heavy atom. The number of para-hydroxylation sites is 1. The van der Waals surface area contributed by atoms with Gasteiger partial charge in [-0.25, -0.2) is 9.97 Å². The largest absolute Gasteiger partial charge is 0.496 e. The summed E-state index contributed by atoms with van der Waals surface area (Å²) in [7, 11) is 1.64. The van der Waals surface area contributed by atoms with Crippen LogP contribution in [-0.2, 0) is 0 Å². The number of hydrogen-bond donors (Lipinski definition) is 1. The van der Waals surface area contributed by atoms with Crippen LogP contribution in [0.5, 0.6) is 5.75 Å². The maximum atomic E-state index is 5.32. The van der Waals surface area contributed by atoms with E-state index in [1.807, 2.05) is 68.4 Å². The summed E-state index contributed by atoms with van der Waals surface area (Å²) < 4.78 is 5.32. The molecule has 126 valence electrons. The van der Waals surface area contributed by atoms with Crippen LogP contribution in [0.1, 0.15) is 16.8 Å². The quantitative estimate of drug-likeness (QED) is 0.561. The molecule has 1 heterocycles. The molecule has 0 fully saturated rings. The molecule has 0 spiro atoms. The third-order valence-corrected chi connectivity index (χ3v) is 3.93. The first-order valence-corrected chi connectivity index (χ1v) is 8.02. The molecule has 1 aromatic heterocycles. The zero-order chi connectivity index (χ0) is 17.6. The third-order valence-electron chi connectivity index (χ3n) is 3.93. The van der Waals surface area contributed by atoms with Gasteiger partial charge in [0.05, 0.1) is 13.3 Å². The number of rotatable bonds is 5. The summed E-state index contributed by atoms with van der Waals surface area (Å²) in [5.74, 6) is 2.14. The second-order valence-corrected chi connectivity index (χ2v) is 5.58. The molecule has 0 aliphatic rings. The van der Waals surface area contributed by atoms with Crippen LogP contribution < -0.4 is 10.2 Å². The lowest BCUT2D eigenvalue weighted by molar-refractivity contribution is 0.414. The second kappa shape index (κ2) is 7.57. The lowest BCUT2D eigenvalue weighted by Gasteiger charge is -2.10. The van der Waals surface area contributed by atoms with Gasteiger partial charge in [-0.05, 0) is 26.0 Å². The zero-order valence-corrected chi connectivity index (χ0v) is 14.5. The number of hydrogen-bond acceptors (Lipinski definition) is 5. The fourth-order valence-corrected chi connectivity index (χ4v) is 2.39. The van der Waals surface area contributed by atoms with Gasteiger partial charge in [-0.2, -0.15) is 5.10 Å². The Hall–Kier alpha value is -3.21. The number of ether oxygens (including phenoxy) is 1. The van der Waals surface area contributed by atoms with Crippen LogP contribution in [0.2, 0.25) is 0 Å². The highest BCUT2D eigenvalue weighted by atomic mass is 16.5. The van der Waals surface area contributed by atoms with Crippen molar-refractivity contribution in [2.75, 3.05) is 12.5 Å². The molecular weight excluding hydrogens is 312 g/mol. The van der Waals surface area contributed by atoms with Gasteiger partial charge in [-0.3, -0.25) is 5.43 Å². The average Bonchev–Trinajstić information content (AvgIpc) is 2.66. The minimum absolute atomic E-state index is 0.679. The first kappa shape index (κ1) is 16.6. The fraction of sp³-hybridized carbons (Fsp3) is 0.150. The van der Waals surface area contributed by atoms with Gasteiger partial charge in [-0.15, -0.1) is 0 Å². The lowest BCUT2D eigenvalue weighted by Crippen LogP contribution is -2.03. The van der Waals surface area contributed by atoms with E-state index in [2.05, 4.69) is 20.5 Å². The van der Waals surface area contributed by atoms with Crippen LogP contribution in [0.25, 0.3) is 11.4 Å². The van der Waals surface area contributed by atoms with E-state index in [1.165, 1.54) is 0 Å². The van der Waals surface area contributed by atoms with Gasteiger partial charge in [0.15, 0.2) is 11.6 Å². The molecule has 0 saturated carbocycles. The Kier molecular flexibility index (Phi) is 5.04. The third kappa shape index (κ3) is 3.83. The van der Waals surface area contributed by atoms with Gasteiger partial charge in [0, 0.05) is 22.4 Å². The van der Waals surface area contributed by atoms with Crippen LogP contribution in [-0.4, -0.2) is 23.3 Å². The summed E-state index contributed by atoms with van der Waals surface area (Å²) in [6.45, 7) is 3.95. The molecule has 1 N–H and O–H groups in total. The number of methoxy groups -OCH3 is 1. The van der Waals surface area contributed by atoms with Gasteiger partial charge < -0.3 is 4.74 Å². The molecule has 0 amide bonds. The lowest BCUT2D eigenvalue weighted by atomic mass is 10.2. The molecule has 2 aromatic carbocycles. The standard InChI is InChI=1S/C20H20N4O/c1-14-15(2)22-20(16-9-5-4-6-10-16)23-19(14)24-21-13-17-11-7-8-12-18(17)25-3/h4-13H,1-3H3,(H,22,23,24)/b21-13+. The topological polar surface area (TPSA) is 59.4 Å². The SMILES string of the molecule is COc1ccccc1/C=N/Nc1nc(-c2ccccc2)nc(C)c1C. The Bertz CT molecular complexity index is 891. The van der Waals surface area contributed by atoms with Gasteiger partial charge in [0.2, 0.25) is 0 Å². The number of hydrazone groups is 1. The van der Waals surface area contributed by atoms with E-state index in [4.69, 9.17) is 4.74 Å². The van der Waals surface area contributed by atoms with Gasteiger partial charge in [0.1, 0.15) is 5.75 Å². The number of aromatic nitrogens is 2. The maximum Gasteiger partial charge on any atom is 0.161 e. The van der Waals surface area contributed by atoms with Gasteiger partial charge in [-0.1, -0.05) is 42.5 Å². The fourth-order valence-electron chi connectivity index (χ4n) is 2.39. The number of aryl methyl sites for hydroxylation is 1. The molecule has 5 heteroatoms. The summed E-state index contributed by atoms with van der Waals surface area (Å²) >= 11 is 0. The Morgan fingerprint density at radius 1 is 0.960 bits per heavy atom. The highest BCUT2D eigenvalue weighted by Gasteiger charge is 2.09. The van der Waals surface area contributed by atoms with Crippen LogP contribution in [0, 0.1) is 13.8 Å². The molecule has 0 unspecified atom stereocenters. The summed E-state index contributed by atoms with van der Waals surface area (Å²) in [6, 6.07) is 17.6. The Labute approximate surface area is 147 Å². The summed E-state index contributed by atoms with van der Waals surface area (Å²) in [4.78, 5) is 9.18. The van der Waals surface area contributed by atoms with Crippen molar-refractivity contribution < 1.29 is 4.74 Å². The van der Waals surface area contributed by atoms with Crippen molar-refractivity contribution >= 4 is 12.0 Å². The number of nitrogens with one attached hydrogen (secondary N) is 1. The van der Waals surface area contributed by atoms with E-state index < -0.39 is 0 Å². The maximum absolute atomic E-state index is 5.32. The highest BCUT2D eigenvalue weighted by Crippen LogP contribution is 2.21. The van der Waals surface area contributed by atoms with E-state index in [1.54, 1.807) is 13.3 Å². The second-order valence-electron chi connectivity index (χ2n) is 5.58. The summed E-state index contributed by atoms with van der Waals surface area (Å²) in [5.41, 5.74) is 6.78. The number of benzene rings is 2. The smallest absolute Gasteiger partial charge is 0.161 e. The molecule has 3 rings (SSSR count). The minimum atomic E-state index is 0.679. The molecule has 0 aliphatic heterocycles. The van der Waals surface area contributed by atoms with E-state index in [0.29, 0.717) is 11.6 Å². The van der Waals surface area contributed by atoms with E-state index >= 15 is 0 Å². The minimum Gasteiger partial charge on any atom is -0.496 e. The van der Waals surface area contributed by atoms with Crippen molar-refractivity contribution in [3.63, 3.8) is 0 Å². The van der Waals surface area contributed by atoms with Crippen LogP contribution in [0.3, 0.4) is 0 Å². The molecule has 25 heavy (non-hydrogen) atoms. The van der Waals surface area contributed by atoms with Crippen LogP contribution in [0.15, 0.2) is 59.7 Å². The molecular formula is C20H20N4O. The van der Waals surface area contributed by atoms with Crippen molar-refractivity contribution in [3.05, 3.63) is 71.4 Å². The molecule has 0 saturated heterocycles. The molecule has 0 bridgehead atoms. The predicted molar refractivity (Wildman–Crippen MR) is 101 cm³/mol. The number of anilines is 1. The Morgan fingerprint density at radius 3 is 2.44 bits per heavy atom. The zero-order valence-electron chi connectivity index (χ0n) is 14.5. The molecule has 0 atom stereocenters. The summed E-state index contributed by atoms with van der Waals surface area (Å²) in [5, 5.41) is 4.31. The van der Waals surface area contributed by atoms with Crippen molar-refractivity contribution in [1.29, 1.82) is 0 Å². The predicted octanol–water partition coefficient (Wildman–Crippen LogP) is 4.22. The first-order valence-electron chi connectivity index (χ1n) is 8.02. The highest BCUT2D eigenvalue weighted by molar-refractivity contribution is 5.84.